The standard InChI is InChI=1S/C27H25ClFNO3/c1-16-7-10-26(33-15-18-8-9-20(28)13-25(18)29)24(11-16)22-6-4-5-21(22)19-12-23(27(31)32-3)17(2)30-14-19/h7-14H,4-6,15H2,1-3H3. The number of esters is 1. The number of carbonyl (C=O) groups excluding carboxylic acids is 1. The Balaban J connectivity index is 1.72. The van der Waals surface area contributed by atoms with Crippen LogP contribution in [-0.4, -0.2) is 18.1 Å². The summed E-state index contributed by atoms with van der Waals surface area (Å²) in [6, 6.07) is 12.4. The molecule has 4 rings (SSSR count). The fraction of sp³-hybridized carbons (Fsp3) is 0.259. The van der Waals surface area contributed by atoms with E-state index in [-0.39, 0.29) is 6.61 Å². The minimum absolute atomic E-state index is 0.0975. The molecular weight excluding hydrogens is 441 g/mol. The van der Waals surface area contributed by atoms with E-state index in [1.54, 1.807) is 19.1 Å². The Morgan fingerprint density at radius 3 is 2.64 bits per heavy atom. The van der Waals surface area contributed by atoms with Crippen molar-refractivity contribution >= 4 is 28.7 Å². The van der Waals surface area contributed by atoms with Gasteiger partial charge in [0.05, 0.1) is 18.4 Å². The van der Waals surface area contributed by atoms with Crippen molar-refractivity contribution in [1.82, 2.24) is 4.98 Å². The van der Waals surface area contributed by atoms with Crippen LogP contribution in [0.2, 0.25) is 5.02 Å². The van der Waals surface area contributed by atoms with Gasteiger partial charge in [0.1, 0.15) is 18.2 Å². The van der Waals surface area contributed by atoms with Gasteiger partial charge in [-0.25, -0.2) is 9.18 Å². The Hall–Kier alpha value is -3.18. The fourth-order valence-electron chi connectivity index (χ4n) is 4.17. The number of nitrogens with zero attached hydrogens (tertiary/aromatic N) is 1. The van der Waals surface area contributed by atoms with Crippen molar-refractivity contribution in [1.29, 1.82) is 0 Å². The highest BCUT2D eigenvalue weighted by Crippen LogP contribution is 2.43. The highest BCUT2D eigenvalue weighted by Gasteiger charge is 2.23. The maximum absolute atomic E-state index is 14.2. The van der Waals surface area contributed by atoms with Crippen LogP contribution in [0.1, 0.15) is 57.6 Å². The van der Waals surface area contributed by atoms with Crippen LogP contribution in [0.15, 0.2) is 48.7 Å². The lowest BCUT2D eigenvalue weighted by Crippen LogP contribution is -2.06. The molecule has 0 amide bonds. The van der Waals surface area contributed by atoms with Crippen molar-refractivity contribution in [3.8, 4) is 5.75 Å². The quantitative estimate of drug-likeness (QED) is 0.369. The average molecular weight is 466 g/mol. The first kappa shape index (κ1) is 23.0. The molecule has 170 valence electrons. The molecule has 0 saturated carbocycles. The largest absolute Gasteiger partial charge is 0.488 e. The number of hydrogen-bond acceptors (Lipinski definition) is 4. The van der Waals surface area contributed by atoms with E-state index in [2.05, 4.69) is 11.1 Å². The average Bonchev–Trinajstić information content (AvgIpc) is 3.28. The smallest absolute Gasteiger partial charge is 0.339 e. The summed E-state index contributed by atoms with van der Waals surface area (Å²) in [5.41, 5.74) is 6.83. The van der Waals surface area contributed by atoms with Gasteiger partial charge in [-0.05, 0) is 80.2 Å². The molecule has 0 bridgehead atoms. The molecule has 0 N–H and O–H groups in total. The van der Waals surface area contributed by atoms with E-state index in [9.17, 15) is 9.18 Å². The first-order valence-electron chi connectivity index (χ1n) is 10.8. The minimum Gasteiger partial charge on any atom is -0.488 e. The minimum atomic E-state index is -0.397. The maximum Gasteiger partial charge on any atom is 0.339 e. The molecule has 1 heterocycles. The second-order valence-electron chi connectivity index (χ2n) is 8.18. The summed E-state index contributed by atoms with van der Waals surface area (Å²) in [5, 5.41) is 0.353. The molecule has 4 nitrogen and oxygen atoms in total. The summed E-state index contributed by atoms with van der Waals surface area (Å²) in [4.78, 5) is 16.6. The molecular formula is C27H25ClFNO3. The van der Waals surface area contributed by atoms with Crippen LogP contribution in [0.25, 0.3) is 11.1 Å². The van der Waals surface area contributed by atoms with Crippen LogP contribution >= 0.6 is 11.6 Å². The number of carbonyl (C=O) groups is 1. The number of allylic oxidation sites excluding steroid dienone is 2. The van der Waals surface area contributed by atoms with Crippen molar-refractivity contribution in [3.05, 3.63) is 93.0 Å². The van der Waals surface area contributed by atoms with Gasteiger partial charge in [-0.2, -0.15) is 0 Å². The monoisotopic (exact) mass is 465 g/mol. The lowest BCUT2D eigenvalue weighted by atomic mass is 9.95. The predicted molar refractivity (Wildman–Crippen MR) is 128 cm³/mol. The van der Waals surface area contributed by atoms with Crippen LogP contribution in [0.3, 0.4) is 0 Å². The molecule has 1 aromatic heterocycles. The van der Waals surface area contributed by atoms with E-state index in [0.29, 0.717) is 27.6 Å². The van der Waals surface area contributed by atoms with E-state index >= 15 is 0 Å². The number of hydrogen-bond donors (Lipinski definition) is 0. The Bertz CT molecular complexity index is 1250. The summed E-state index contributed by atoms with van der Waals surface area (Å²) >= 11 is 5.87. The maximum atomic E-state index is 14.2. The second-order valence-corrected chi connectivity index (χ2v) is 8.62. The number of aromatic nitrogens is 1. The topological polar surface area (TPSA) is 48.4 Å². The molecule has 2 aromatic carbocycles. The zero-order valence-corrected chi connectivity index (χ0v) is 19.6. The first-order valence-corrected chi connectivity index (χ1v) is 11.2. The van der Waals surface area contributed by atoms with Crippen molar-refractivity contribution in [2.75, 3.05) is 7.11 Å². The summed E-state index contributed by atoms with van der Waals surface area (Å²) in [6.45, 7) is 3.92. The zero-order chi connectivity index (χ0) is 23.5. The van der Waals surface area contributed by atoms with Gasteiger partial charge in [0.15, 0.2) is 0 Å². The van der Waals surface area contributed by atoms with E-state index in [1.165, 1.54) is 13.2 Å². The van der Waals surface area contributed by atoms with Gasteiger partial charge in [0.2, 0.25) is 0 Å². The van der Waals surface area contributed by atoms with Crippen molar-refractivity contribution < 1.29 is 18.7 Å². The fourth-order valence-corrected chi connectivity index (χ4v) is 4.33. The van der Waals surface area contributed by atoms with E-state index in [0.717, 1.165) is 47.1 Å². The van der Waals surface area contributed by atoms with E-state index < -0.39 is 11.8 Å². The summed E-state index contributed by atoms with van der Waals surface area (Å²) < 4.78 is 25.3. The van der Waals surface area contributed by atoms with E-state index in [4.69, 9.17) is 21.1 Å². The molecule has 0 spiro atoms. The lowest BCUT2D eigenvalue weighted by Gasteiger charge is -2.16. The molecule has 33 heavy (non-hydrogen) atoms. The van der Waals surface area contributed by atoms with Gasteiger partial charge in [-0.3, -0.25) is 4.98 Å². The van der Waals surface area contributed by atoms with Crippen molar-refractivity contribution in [2.24, 2.45) is 0 Å². The van der Waals surface area contributed by atoms with Gasteiger partial charge in [0.25, 0.3) is 0 Å². The van der Waals surface area contributed by atoms with Crippen LogP contribution in [0.4, 0.5) is 4.39 Å². The van der Waals surface area contributed by atoms with Crippen LogP contribution in [0, 0.1) is 19.7 Å². The number of rotatable bonds is 6. The third-order valence-corrected chi connectivity index (χ3v) is 6.15. The molecule has 1 aliphatic rings. The first-order chi connectivity index (χ1) is 15.9. The van der Waals surface area contributed by atoms with Crippen LogP contribution < -0.4 is 4.74 Å². The van der Waals surface area contributed by atoms with Gasteiger partial charge < -0.3 is 9.47 Å². The Morgan fingerprint density at radius 2 is 1.88 bits per heavy atom. The van der Waals surface area contributed by atoms with Gasteiger partial charge in [-0.1, -0.05) is 29.3 Å². The number of pyridine rings is 1. The number of halogens is 2. The highest BCUT2D eigenvalue weighted by atomic mass is 35.5. The molecule has 0 radical (unpaired) electrons. The Kier molecular flexibility index (Phi) is 6.80. The number of ether oxygens (including phenoxy) is 2. The Labute approximate surface area is 198 Å². The molecule has 0 fully saturated rings. The zero-order valence-electron chi connectivity index (χ0n) is 18.9. The summed E-state index contributed by atoms with van der Waals surface area (Å²) in [6.07, 6.45) is 4.55. The van der Waals surface area contributed by atoms with E-state index in [1.807, 2.05) is 31.3 Å². The summed E-state index contributed by atoms with van der Waals surface area (Å²) in [5.74, 6) is -0.0952. The van der Waals surface area contributed by atoms with Gasteiger partial charge in [0, 0.05) is 22.3 Å². The molecule has 3 aromatic rings. The van der Waals surface area contributed by atoms with Gasteiger partial charge in [-0.15, -0.1) is 0 Å². The number of aryl methyl sites for hydroxylation is 2. The normalized spacial score (nSPS) is 13.4. The van der Waals surface area contributed by atoms with Crippen molar-refractivity contribution in [2.45, 2.75) is 39.7 Å². The lowest BCUT2D eigenvalue weighted by molar-refractivity contribution is 0.0599. The highest BCUT2D eigenvalue weighted by molar-refractivity contribution is 6.30. The molecule has 6 heteroatoms. The second kappa shape index (κ2) is 9.75. The molecule has 0 unspecified atom stereocenters. The van der Waals surface area contributed by atoms with Crippen LogP contribution in [0.5, 0.6) is 5.75 Å². The van der Waals surface area contributed by atoms with Crippen molar-refractivity contribution in [3.63, 3.8) is 0 Å². The molecule has 0 saturated heterocycles. The number of methoxy groups -OCH3 is 1. The predicted octanol–water partition coefficient (Wildman–Crippen LogP) is 6.95. The molecule has 1 aliphatic carbocycles. The Morgan fingerprint density at radius 1 is 1.09 bits per heavy atom. The molecule has 0 aliphatic heterocycles. The SMILES string of the molecule is COC(=O)c1cc(C2=C(c3cc(C)ccc3OCc3ccc(Cl)cc3F)CCC2)cnc1C. The summed E-state index contributed by atoms with van der Waals surface area (Å²) in [7, 11) is 1.37. The third kappa shape index (κ3) is 4.93. The molecule has 0 atom stereocenters. The third-order valence-electron chi connectivity index (χ3n) is 5.92. The van der Waals surface area contributed by atoms with Gasteiger partial charge >= 0.3 is 5.97 Å². The number of benzene rings is 2. The van der Waals surface area contributed by atoms with Crippen LogP contribution in [-0.2, 0) is 11.3 Å².